The predicted molar refractivity (Wildman–Crippen MR) is 121 cm³/mol. The highest BCUT2D eigenvalue weighted by atomic mass is 16.3. The molecule has 0 aromatic heterocycles. The Morgan fingerprint density at radius 3 is 1.26 bits per heavy atom. The number of aliphatic hydroxyl groups is 2. The highest BCUT2D eigenvalue weighted by Gasteiger charge is 2.58. The first kappa shape index (κ1) is 24.5. The van der Waals surface area contributed by atoms with Gasteiger partial charge in [0, 0.05) is 0 Å². The van der Waals surface area contributed by atoms with Gasteiger partial charge in [0.2, 0.25) is 11.8 Å². The minimum atomic E-state index is -1.05. The molecule has 3 rings (SSSR count). The quantitative estimate of drug-likeness (QED) is 0.394. The number of carbonyl (C=O) groups is 2. The molecule has 0 saturated heterocycles. The highest BCUT2D eigenvalue weighted by molar-refractivity contribution is 6.08. The number of amides is 2. The summed E-state index contributed by atoms with van der Waals surface area (Å²) >= 11 is 0. The zero-order chi connectivity index (χ0) is 22.9. The van der Waals surface area contributed by atoms with Crippen LogP contribution in [0.5, 0.6) is 0 Å². The Bertz CT molecular complexity index is 592. The molecule has 6 nitrogen and oxygen atoms in total. The van der Waals surface area contributed by atoms with Crippen molar-refractivity contribution in [2.45, 2.75) is 128 Å². The lowest BCUT2D eigenvalue weighted by molar-refractivity contribution is -0.141. The van der Waals surface area contributed by atoms with E-state index in [4.69, 9.17) is 0 Å². The van der Waals surface area contributed by atoms with E-state index in [1.54, 1.807) is 0 Å². The molecule has 0 unspecified atom stereocenters. The second kappa shape index (κ2) is 9.38. The fourth-order valence-corrected chi connectivity index (χ4v) is 5.71. The SMILES string of the molecule is CC(C)C[C@@H](NC(=O)C1(C(=O)N[C@H](CC(C)C)C2(O)CCCC2)CC1)C1(O)CCCC1. The van der Waals surface area contributed by atoms with Crippen molar-refractivity contribution in [1.29, 1.82) is 0 Å². The summed E-state index contributed by atoms with van der Waals surface area (Å²) in [4.78, 5) is 26.6. The second-order valence-electron chi connectivity index (χ2n) is 11.5. The van der Waals surface area contributed by atoms with E-state index in [1.165, 1.54) is 0 Å². The number of rotatable bonds is 10. The third kappa shape index (κ3) is 5.44. The molecule has 3 fully saturated rings. The van der Waals surface area contributed by atoms with E-state index < -0.39 is 16.6 Å². The van der Waals surface area contributed by atoms with Gasteiger partial charge in [-0.2, -0.15) is 0 Å². The molecule has 3 aliphatic rings. The van der Waals surface area contributed by atoms with Crippen molar-refractivity contribution in [3.63, 3.8) is 0 Å². The van der Waals surface area contributed by atoms with Gasteiger partial charge in [0.05, 0.1) is 23.3 Å². The maximum Gasteiger partial charge on any atom is 0.236 e. The molecular weight excluding hydrogens is 392 g/mol. The summed E-state index contributed by atoms with van der Waals surface area (Å²) in [5.41, 5.74) is -2.79. The van der Waals surface area contributed by atoms with E-state index in [0.29, 0.717) is 63.2 Å². The van der Waals surface area contributed by atoms with Crippen LogP contribution in [0.25, 0.3) is 0 Å². The van der Waals surface area contributed by atoms with E-state index in [-0.39, 0.29) is 23.9 Å². The van der Waals surface area contributed by atoms with Crippen LogP contribution < -0.4 is 10.6 Å². The van der Waals surface area contributed by atoms with Crippen LogP contribution in [-0.4, -0.2) is 45.3 Å². The average Bonchev–Trinajstić information content (AvgIpc) is 3.19. The van der Waals surface area contributed by atoms with Crippen LogP contribution in [0, 0.1) is 17.3 Å². The molecule has 2 amide bonds. The molecule has 178 valence electrons. The normalized spacial score (nSPS) is 25.4. The molecular formula is C25H44N2O4. The number of carbonyl (C=O) groups excluding carboxylic acids is 2. The zero-order valence-corrected chi connectivity index (χ0v) is 20.0. The molecule has 0 bridgehead atoms. The van der Waals surface area contributed by atoms with Crippen molar-refractivity contribution in [2.24, 2.45) is 17.3 Å². The standard InChI is InChI=1S/C25H44N2O4/c1-17(2)15-19(24(30)9-5-6-10-24)26-21(28)23(13-14-23)22(29)27-20(16-18(3)4)25(31)11-7-8-12-25/h17-20,30-31H,5-16H2,1-4H3,(H,26,28)(H,27,29)/t19-,20-/m1/s1. The summed E-state index contributed by atoms with van der Waals surface area (Å²) in [7, 11) is 0. The first-order chi connectivity index (χ1) is 14.5. The van der Waals surface area contributed by atoms with Gasteiger partial charge in [0.1, 0.15) is 5.41 Å². The molecule has 0 aliphatic heterocycles. The Balaban J connectivity index is 1.70. The Labute approximate surface area is 187 Å². The lowest BCUT2D eigenvalue weighted by Gasteiger charge is -2.37. The monoisotopic (exact) mass is 436 g/mol. The minimum absolute atomic E-state index is 0.252. The summed E-state index contributed by atoms with van der Waals surface area (Å²) in [6.07, 6.45) is 9.18. The Hall–Kier alpha value is -1.14. The van der Waals surface area contributed by atoms with Gasteiger partial charge in [-0.1, -0.05) is 53.4 Å². The fourth-order valence-electron chi connectivity index (χ4n) is 5.71. The van der Waals surface area contributed by atoms with Gasteiger partial charge in [-0.25, -0.2) is 0 Å². The van der Waals surface area contributed by atoms with Gasteiger partial charge in [-0.15, -0.1) is 0 Å². The number of hydrogen-bond acceptors (Lipinski definition) is 4. The first-order valence-corrected chi connectivity index (χ1v) is 12.6. The third-order valence-electron chi connectivity index (χ3n) is 7.88. The number of nitrogens with one attached hydrogen (secondary N) is 2. The van der Waals surface area contributed by atoms with Crippen LogP contribution >= 0.6 is 0 Å². The van der Waals surface area contributed by atoms with Crippen molar-refractivity contribution < 1.29 is 19.8 Å². The van der Waals surface area contributed by atoms with Crippen LogP contribution in [0.2, 0.25) is 0 Å². The van der Waals surface area contributed by atoms with Crippen LogP contribution in [-0.2, 0) is 9.59 Å². The lowest BCUT2D eigenvalue weighted by Crippen LogP contribution is -2.58. The Morgan fingerprint density at radius 1 is 0.677 bits per heavy atom. The van der Waals surface area contributed by atoms with Crippen LogP contribution in [0.15, 0.2) is 0 Å². The molecule has 3 aliphatic carbocycles. The first-order valence-electron chi connectivity index (χ1n) is 12.6. The maximum atomic E-state index is 13.3. The van der Waals surface area contributed by atoms with E-state index in [2.05, 4.69) is 38.3 Å². The molecule has 0 heterocycles. The average molecular weight is 437 g/mol. The van der Waals surface area contributed by atoms with Crippen molar-refractivity contribution in [1.82, 2.24) is 10.6 Å². The van der Waals surface area contributed by atoms with Gasteiger partial charge in [-0.05, 0) is 63.2 Å². The smallest absolute Gasteiger partial charge is 0.236 e. The number of hydrogen-bond donors (Lipinski definition) is 4. The van der Waals surface area contributed by atoms with Crippen molar-refractivity contribution >= 4 is 11.8 Å². The van der Waals surface area contributed by atoms with E-state index in [9.17, 15) is 19.8 Å². The molecule has 0 aromatic carbocycles. The van der Waals surface area contributed by atoms with Crippen LogP contribution in [0.3, 0.4) is 0 Å². The lowest BCUT2D eigenvalue weighted by atomic mass is 9.85. The highest BCUT2D eigenvalue weighted by Crippen LogP contribution is 2.47. The molecule has 6 heteroatoms. The van der Waals surface area contributed by atoms with Crippen LogP contribution in [0.1, 0.15) is 105 Å². The molecule has 31 heavy (non-hydrogen) atoms. The van der Waals surface area contributed by atoms with Crippen LogP contribution in [0.4, 0.5) is 0 Å². The van der Waals surface area contributed by atoms with Gasteiger partial charge in [0.25, 0.3) is 0 Å². The Kier molecular flexibility index (Phi) is 7.42. The van der Waals surface area contributed by atoms with Crippen molar-refractivity contribution in [2.75, 3.05) is 0 Å². The van der Waals surface area contributed by atoms with Gasteiger partial charge in [0.15, 0.2) is 0 Å². The second-order valence-corrected chi connectivity index (χ2v) is 11.5. The summed E-state index contributed by atoms with van der Waals surface area (Å²) in [5.74, 6) is 0.173. The molecule has 4 N–H and O–H groups in total. The maximum absolute atomic E-state index is 13.3. The summed E-state index contributed by atoms with van der Waals surface area (Å²) < 4.78 is 0. The third-order valence-corrected chi connectivity index (χ3v) is 7.88. The topological polar surface area (TPSA) is 98.7 Å². The molecule has 0 aromatic rings. The van der Waals surface area contributed by atoms with E-state index in [1.807, 2.05) is 0 Å². The summed E-state index contributed by atoms with van der Waals surface area (Å²) in [6, 6.07) is -0.642. The van der Waals surface area contributed by atoms with E-state index in [0.717, 1.165) is 25.7 Å². The Morgan fingerprint density at radius 2 is 1.00 bits per heavy atom. The molecule has 3 saturated carbocycles. The fraction of sp³-hybridized carbons (Fsp3) is 0.920. The summed E-state index contributed by atoms with van der Waals surface area (Å²) in [6.45, 7) is 8.37. The van der Waals surface area contributed by atoms with Crippen molar-refractivity contribution in [3.8, 4) is 0 Å². The van der Waals surface area contributed by atoms with Gasteiger partial charge in [-0.3, -0.25) is 9.59 Å². The van der Waals surface area contributed by atoms with Crippen molar-refractivity contribution in [3.05, 3.63) is 0 Å². The van der Waals surface area contributed by atoms with E-state index >= 15 is 0 Å². The largest absolute Gasteiger partial charge is 0.388 e. The zero-order valence-electron chi connectivity index (χ0n) is 20.0. The summed E-state index contributed by atoms with van der Waals surface area (Å²) in [5, 5.41) is 28.5. The van der Waals surface area contributed by atoms with Gasteiger partial charge < -0.3 is 20.8 Å². The molecule has 2 atom stereocenters. The van der Waals surface area contributed by atoms with Gasteiger partial charge >= 0.3 is 0 Å². The molecule has 0 radical (unpaired) electrons. The minimum Gasteiger partial charge on any atom is -0.388 e. The molecule has 0 spiro atoms. The predicted octanol–water partition coefficient (Wildman–Crippen LogP) is 3.44.